The number of rotatable bonds is 8. The van der Waals surface area contributed by atoms with E-state index >= 15 is 0 Å². The molecule has 5 rings (SSSR count). The Hall–Kier alpha value is -4.79. The van der Waals surface area contributed by atoms with E-state index in [2.05, 4.69) is 15.6 Å². The first-order chi connectivity index (χ1) is 21.2. The SMILES string of the molecule is CN(C)c1cc(NC(=O)CNCc2ccccn2)c(O)c2c1CC1CC3[C@H](N(C)C)C(O)=C(C(N)=O)C(=O)[C@@]3(O)C(O)=C1C2=O. The van der Waals surface area contributed by atoms with Crippen LogP contribution in [0, 0.1) is 11.8 Å². The molecule has 2 aromatic rings. The number of aliphatic hydroxyl groups is 3. The number of nitrogens with one attached hydrogen (secondary N) is 2. The first-order valence-electron chi connectivity index (χ1n) is 14.3. The third-order valence-corrected chi connectivity index (χ3v) is 8.77. The average molecular weight is 621 g/mol. The molecule has 0 bridgehead atoms. The molecule has 2 unspecified atom stereocenters. The lowest BCUT2D eigenvalue weighted by atomic mass is 9.58. The van der Waals surface area contributed by atoms with Crippen LogP contribution in [0.1, 0.15) is 28.0 Å². The Balaban J connectivity index is 1.54. The predicted molar refractivity (Wildman–Crippen MR) is 163 cm³/mol. The van der Waals surface area contributed by atoms with Crippen LogP contribution in [0.25, 0.3) is 0 Å². The van der Waals surface area contributed by atoms with E-state index in [-0.39, 0.29) is 36.2 Å². The molecule has 3 aliphatic rings. The van der Waals surface area contributed by atoms with E-state index in [4.69, 9.17) is 5.73 Å². The van der Waals surface area contributed by atoms with Gasteiger partial charge in [-0.25, -0.2) is 0 Å². The van der Waals surface area contributed by atoms with Gasteiger partial charge in [-0.1, -0.05) is 6.07 Å². The zero-order chi connectivity index (χ0) is 33.0. The lowest BCUT2D eigenvalue weighted by Gasteiger charge is -2.50. The van der Waals surface area contributed by atoms with E-state index in [0.29, 0.717) is 17.8 Å². The molecule has 14 heteroatoms. The van der Waals surface area contributed by atoms with Crippen molar-refractivity contribution in [2.75, 3.05) is 45.0 Å². The van der Waals surface area contributed by atoms with Crippen molar-refractivity contribution < 1.29 is 39.6 Å². The van der Waals surface area contributed by atoms with Gasteiger partial charge in [0.2, 0.25) is 11.7 Å². The fourth-order valence-electron chi connectivity index (χ4n) is 6.79. The summed E-state index contributed by atoms with van der Waals surface area (Å²) in [7, 11) is 6.60. The number of aromatic nitrogens is 1. The van der Waals surface area contributed by atoms with Crippen molar-refractivity contribution in [3.8, 4) is 5.75 Å². The van der Waals surface area contributed by atoms with Gasteiger partial charge in [0.15, 0.2) is 17.1 Å². The maximum Gasteiger partial charge on any atom is 0.255 e. The topological polar surface area (TPSA) is 219 Å². The second-order valence-electron chi connectivity index (χ2n) is 12.0. The Morgan fingerprint density at radius 1 is 1.13 bits per heavy atom. The molecule has 45 heavy (non-hydrogen) atoms. The second kappa shape index (κ2) is 11.6. The summed E-state index contributed by atoms with van der Waals surface area (Å²) in [5.41, 5.74) is 2.94. The van der Waals surface area contributed by atoms with E-state index in [9.17, 15) is 39.6 Å². The van der Waals surface area contributed by atoms with Gasteiger partial charge in [-0.3, -0.25) is 29.1 Å². The van der Waals surface area contributed by atoms with Crippen LogP contribution in [0.4, 0.5) is 11.4 Å². The van der Waals surface area contributed by atoms with Crippen LogP contribution in [0.2, 0.25) is 0 Å². The minimum absolute atomic E-state index is 0.0280. The first kappa shape index (κ1) is 31.6. The summed E-state index contributed by atoms with van der Waals surface area (Å²) in [6, 6.07) is 5.86. The molecule has 2 amide bonds. The number of fused-ring (bicyclic) bond motifs is 3. The lowest BCUT2D eigenvalue weighted by molar-refractivity contribution is -0.148. The molecule has 1 aromatic heterocycles. The summed E-state index contributed by atoms with van der Waals surface area (Å²) in [6.45, 7) is 0.195. The molecule has 238 valence electrons. The van der Waals surface area contributed by atoms with E-state index in [1.807, 2.05) is 6.07 Å². The summed E-state index contributed by atoms with van der Waals surface area (Å²) in [5, 5.41) is 51.2. The van der Waals surface area contributed by atoms with Gasteiger partial charge in [0.1, 0.15) is 17.1 Å². The third kappa shape index (κ3) is 5.10. The number of nitrogens with zero attached hydrogens (tertiary/aromatic N) is 3. The van der Waals surface area contributed by atoms with Crippen LogP contribution >= 0.6 is 0 Å². The molecule has 14 nitrogen and oxygen atoms in total. The molecule has 4 atom stereocenters. The second-order valence-corrected chi connectivity index (χ2v) is 12.0. The van der Waals surface area contributed by atoms with Gasteiger partial charge in [0.25, 0.3) is 5.91 Å². The smallest absolute Gasteiger partial charge is 0.255 e. The maximum atomic E-state index is 14.1. The fourth-order valence-corrected chi connectivity index (χ4v) is 6.79. The highest BCUT2D eigenvalue weighted by Crippen LogP contribution is 2.53. The molecular formula is C31H36N6O8. The molecule has 1 aromatic carbocycles. The molecule has 3 aliphatic carbocycles. The Bertz CT molecular complexity index is 1670. The number of likely N-dealkylation sites (N-methyl/N-ethyl adjacent to an activating group) is 1. The molecule has 0 radical (unpaired) electrons. The minimum atomic E-state index is -2.74. The van der Waals surface area contributed by atoms with Gasteiger partial charge in [0.05, 0.1) is 29.5 Å². The zero-order valence-corrected chi connectivity index (χ0v) is 25.3. The molecule has 0 fully saturated rings. The van der Waals surface area contributed by atoms with Gasteiger partial charge < -0.3 is 41.7 Å². The summed E-state index contributed by atoms with van der Waals surface area (Å²) >= 11 is 0. The van der Waals surface area contributed by atoms with E-state index in [1.165, 1.54) is 4.90 Å². The standard InChI is InChI=1S/C31H36N6O8/c1-36(2)19-11-18(35-20(38)13-33-12-15-7-5-6-8-34-15)25(39)22-16(19)9-14-10-17-24(37(3)4)27(41)23(30(32)44)29(43)31(17,45)28(42)21(14)26(22)40/h5-8,11,14,17,24,33,39,41-42,45H,9-10,12-13H2,1-4H3,(H2,32,44)(H,35,38)/t14?,17?,24-,31-/m0/s1. The number of pyridine rings is 1. The highest BCUT2D eigenvalue weighted by Gasteiger charge is 2.63. The van der Waals surface area contributed by atoms with Crippen molar-refractivity contribution in [1.29, 1.82) is 0 Å². The number of primary amides is 1. The van der Waals surface area contributed by atoms with Gasteiger partial charge in [-0.05, 0) is 56.6 Å². The fraction of sp³-hybridized carbons (Fsp3) is 0.387. The normalized spacial score (nSPS) is 24.3. The van der Waals surface area contributed by atoms with Crippen molar-refractivity contribution in [2.24, 2.45) is 17.6 Å². The molecule has 0 spiro atoms. The number of allylic oxidation sites excluding steroid dienone is 1. The monoisotopic (exact) mass is 620 g/mol. The lowest BCUT2D eigenvalue weighted by Crippen LogP contribution is -2.63. The molecule has 0 saturated carbocycles. The summed E-state index contributed by atoms with van der Waals surface area (Å²) in [6.07, 6.45) is 1.72. The number of phenols is 1. The maximum absolute atomic E-state index is 14.1. The Labute approximate surface area is 258 Å². The minimum Gasteiger partial charge on any atom is -0.510 e. The van der Waals surface area contributed by atoms with Crippen LogP contribution in [0.15, 0.2) is 53.1 Å². The Morgan fingerprint density at radius 2 is 1.84 bits per heavy atom. The third-order valence-electron chi connectivity index (χ3n) is 8.77. The molecular weight excluding hydrogens is 584 g/mol. The average Bonchev–Trinajstić information content (AvgIpc) is 2.96. The van der Waals surface area contributed by atoms with E-state index in [0.717, 1.165) is 5.69 Å². The number of carbonyl (C=O) groups is 4. The van der Waals surface area contributed by atoms with Gasteiger partial charge in [0, 0.05) is 44.0 Å². The molecule has 8 N–H and O–H groups in total. The number of aromatic hydroxyl groups is 1. The number of aliphatic hydroxyl groups excluding tert-OH is 2. The summed E-state index contributed by atoms with van der Waals surface area (Å²) in [4.78, 5) is 60.0. The number of nitrogens with two attached hydrogens (primary N) is 1. The van der Waals surface area contributed by atoms with Gasteiger partial charge in [-0.15, -0.1) is 0 Å². The largest absolute Gasteiger partial charge is 0.510 e. The van der Waals surface area contributed by atoms with Gasteiger partial charge >= 0.3 is 0 Å². The van der Waals surface area contributed by atoms with Crippen molar-refractivity contribution in [2.45, 2.75) is 31.0 Å². The van der Waals surface area contributed by atoms with Crippen LogP contribution in [-0.2, 0) is 27.3 Å². The first-order valence-corrected chi connectivity index (χ1v) is 14.3. The van der Waals surface area contributed by atoms with Crippen molar-refractivity contribution >= 4 is 34.8 Å². The zero-order valence-electron chi connectivity index (χ0n) is 25.3. The van der Waals surface area contributed by atoms with Gasteiger partial charge in [-0.2, -0.15) is 0 Å². The van der Waals surface area contributed by atoms with Crippen molar-refractivity contribution in [3.63, 3.8) is 0 Å². The molecule has 0 saturated heterocycles. The van der Waals surface area contributed by atoms with Crippen LogP contribution in [-0.4, -0.2) is 100 Å². The Kier molecular flexibility index (Phi) is 8.16. The highest BCUT2D eigenvalue weighted by molar-refractivity contribution is 6.25. The number of amides is 2. The molecule has 1 heterocycles. The van der Waals surface area contributed by atoms with Crippen LogP contribution in [0.5, 0.6) is 5.75 Å². The number of anilines is 2. The number of hydrogen-bond acceptors (Lipinski definition) is 12. The van der Waals surface area contributed by atoms with Crippen molar-refractivity contribution in [1.82, 2.24) is 15.2 Å². The predicted octanol–water partition coefficient (Wildman–Crippen LogP) is 0.310. The number of Topliss-reactive ketones (excluding diaryl/α,β-unsaturated/α-hetero) is 2. The van der Waals surface area contributed by atoms with E-state index < -0.39 is 69.7 Å². The number of benzene rings is 1. The quantitative estimate of drug-likeness (QED) is 0.157. The number of ketones is 2. The molecule has 0 aliphatic heterocycles. The van der Waals surface area contributed by atoms with Crippen LogP contribution < -0.4 is 21.3 Å². The van der Waals surface area contributed by atoms with E-state index in [1.54, 1.807) is 57.5 Å². The number of carbonyl (C=O) groups excluding carboxylic acids is 4. The highest BCUT2D eigenvalue weighted by atomic mass is 16.3. The van der Waals surface area contributed by atoms with Crippen LogP contribution in [0.3, 0.4) is 0 Å². The summed E-state index contributed by atoms with van der Waals surface area (Å²) < 4.78 is 0. The summed E-state index contributed by atoms with van der Waals surface area (Å²) in [5.74, 6) is -7.92. The van der Waals surface area contributed by atoms with Crippen molar-refractivity contribution in [3.05, 3.63) is 69.9 Å². The number of hydrogen-bond donors (Lipinski definition) is 7. The Morgan fingerprint density at radius 3 is 2.44 bits per heavy atom. The number of phenolic OH excluding ortho intramolecular Hbond substituents is 1.